The highest BCUT2D eigenvalue weighted by atomic mass is 79.9. The number of anilines is 2. The van der Waals surface area contributed by atoms with Crippen molar-refractivity contribution in [1.82, 2.24) is 9.97 Å². The number of nitrogens with zero attached hydrogens (tertiary/aromatic N) is 2. The first kappa shape index (κ1) is 13.5. The molecule has 1 aromatic heterocycles. The molecule has 1 heterocycles. The van der Waals surface area contributed by atoms with Crippen molar-refractivity contribution < 1.29 is 4.79 Å². The van der Waals surface area contributed by atoms with E-state index in [4.69, 9.17) is 5.73 Å². The maximum atomic E-state index is 12.1. The number of nitrogens with two attached hydrogens (primary N) is 1. The van der Waals surface area contributed by atoms with Crippen LogP contribution in [0.15, 0.2) is 53.1 Å². The highest BCUT2D eigenvalue weighted by Gasteiger charge is 2.06. The summed E-state index contributed by atoms with van der Waals surface area (Å²) in [6.07, 6.45) is 1.63. The number of rotatable bonds is 2. The number of nitrogens with one attached hydrogen (secondary N) is 1. The van der Waals surface area contributed by atoms with Crippen LogP contribution >= 0.6 is 15.9 Å². The SMILES string of the molecule is Nc1ncc2cc(NC(=O)c3ccc(Br)cc3)ccc2n1. The minimum absolute atomic E-state index is 0.168. The quantitative estimate of drug-likeness (QED) is 0.749. The number of hydrogen-bond donors (Lipinski definition) is 2. The van der Waals surface area contributed by atoms with E-state index in [9.17, 15) is 4.79 Å². The number of halogens is 1. The van der Waals surface area contributed by atoms with Crippen LogP contribution < -0.4 is 11.1 Å². The lowest BCUT2D eigenvalue weighted by Gasteiger charge is -2.06. The Morgan fingerprint density at radius 3 is 2.67 bits per heavy atom. The van der Waals surface area contributed by atoms with E-state index in [1.54, 1.807) is 30.5 Å². The van der Waals surface area contributed by atoms with Gasteiger partial charge in [0, 0.05) is 27.3 Å². The Bertz CT molecular complexity index is 818. The molecule has 1 amide bonds. The summed E-state index contributed by atoms with van der Waals surface area (Å²) in [5.74, 6) is 0.0624. The second kappa shape index (κ2) is 5.49. The van der Waals surface area contributed by atoms with Crippen LogP contribution in [0.25, 0.3) is 10.9 Å². The predicted octanol–water partition coefficient (Wildman–Crippen LogP) is 3.23. The molecule has 0 spiro atoms. The van der Waals surface area contributed by atoms with Gasteiger partial charge in [-0.1, -0.05) is 15.9 Å². The van der Waals surface area contributed by atoms with Crippen molar-refractivity contribution in [1.29, 1.82) is 0 Å². The summed E-state index contributed by atoms with van der Waals surface area (Å²) in [5.41, 5.74) is 7.55. The second-order valence-corrected chi connectivity index (χ2v) is 5.38. The fourth-order valence-corrected chi connectivity index (χ4v) is 2.19. The summed E-state index contributed by atoms with van der Waals surface area (Å²) < 4.78 is 0.930. The Morgan fingerprint density at radius 2 is 1.90 bits per heavy atom. The number of carbonyl (C=O) groups excluding carboxylic acids is 1. The second-order valence-electron chi connectivity index (χ2n) is 4.46. The van der Waals surface area contributed by atoms with Crippen molar-refractivity contribution in [3.8, 4) is 0 Å². The maximum Gasteiger partial charge on any atom is 0.255 e. The normalized spacial score (nSPS) is 10.5. The van der Waals surface area contributed by atoms with Crippen LogP contribution in [0.1, 0.15) is 10.4 Å². The molecule has 0 radical (unpaired) electrons. The summed E-state index contributed by atoms with van der Waals surface area (Å²) in [6.45, 7) is 0. The van der Waals surface area contributed by atoms with Crippen molar-refractivity contribution in [2.75, 3.05) is 11.1 Å². The summed E-state index contributed by atoms with van der Waals surface area (Å²) in [4.78, 5) is 20.2. The first-order valence-corrected chi connectivity index (χ1v) is 7.00. The molecule has 0 saturated heterocycles. The van der Waals surface area contributed by atoms with Crippen molar-refractivity contribution >= 4 is 44.4 Å². The van der Waals surface area contributed by atoms with Crippen molar-refractivity contribution in [3.05, 3.63) is 58.7 Å². The molecule has 0 aliphatic carbocycles. The zero-order valence-electron chi connectivity index (χ0n) is 10.9. The van der Waals surface area contributed by atoms with E-state index >= 15 is 0 Å². The van der Waals surface area contributed by atoms with Gasteiger partial charge in [-0.3, -0.25) is 4.79 Å². The first-order chi connectivity index (χ1) is 10.1. The van der Waals surface area contributed by atoms with Crippen LogP contribution in [0.3, 0.4) is 0 Å². The standard InChI is InChI=1S/C15H11BrN4O/c16-11-3-1-9(2-4-11)14(21)19-12-5-6-13-10(7-12)8-18-15(17)20-13/h1-8H,(H,19,21)(H2,17,18,20). The summed E-state index contributed by atoms with van der Waals surface area (Å²) >= 11 is 3.34. The third kappa shape index (κ3) is 3.00. The molecule has 0 unspecified atom stereocenters. The van der Waals surface area contributed by atoms with Crippen molar-refractivity contribution in [3.63, 3.8) is 0 Å². The zero-order valence-corrected chi connectivity index (χ0v) is 12.5. The number of fused-ring (bicyclic) bond motifs is 1. The minimum Gasteiger partial charge on any atom is -0.368 e. The molecule has 2 aromatic carbocycles. The molecular formula is C15H11BrN4O. The Hall–Kier alpha value is -2.47. The molecule has 0 aliphatic heterocycles. The number of hydrogen-bond acceptors (Lipinski definition) is 4. The Morgan fingerprint density at radius 1 is 1.14 bits per heavy atom. The molecule has 0 saturated carbocycles. The van der Waals surface area contributed by atoms with Crippen molar-refractivity contribution in [2.45, 2.75) is 0 Å². The predicted molar refractivity (Wildman–Crippen MR) is 86.0 cm³/mol. The number of amides is 1. The highest BCUT2D eigenvalue weighted by Crippen LogP contribution is 2.18. The Kier molecular flexibility index (Phi) is 3.53. The largest absolute Gasteiger partial charge is 0.368 e. The van der Waals surface area contributed by atoms with Gasteiger partial charge in [-0.25, -0.2) is 9.97 Å². The molecule has 104 valence electrons. The van der Waals surface area contributed by atoms with Crippen LogP contribution in [-0.2, 0) is 0 Å². The van der Waals surface area contributed by atoms with Gasteiger partial charge in [-0.2, -0.15) is 0 Å². The summed E-state index contributed by atoms with van der Waals surface area (Å²) in [5, 5.41) is 3.66. The molecular weight excluding hydrogens is 332 g/mol. The van der Waals surface area contributed by atoms with E-state index < -0.39 is 0 Å². The van der Waals surface area contributed by atoms with E-state index in [0.717, 1.165) is 15.4 Å². The van der Waals surface area contributed by atoms with Gasteiger partial charge < -0.3 is 11.1 Å². The lowest BCUT2D eigenvalue weighted by atomic mass is 10.2. The van der Waals surface area contributed by atoms with Gasteiger partial charge in [-0.15, -0.1) is 0 Å². The lowest BCUT2D eigenvalue weighted by Crippen LogP contribution is -2.11. The third-order valence-electron chi connectivity index (χ3n) is 2.96. The van der Waals surface area contributed by atoms with E-state index in [-0.39, 0.29) is 11.9 Å². The smallest absolute Gasteiger partial charge is 0.255 e. The average molecular weight is 343 g/mol. The topological polar surface area (TPSA) is 80.9 Å². The van der Waals surface area contributed by atoms with Gasteiger partial charge in [0.15, 0.2) is 0 Å². The number of benzene rings is 2. The van der Waals surface area contributed by atoms with Crippen molar-refractivity contribution in [2.24, 2.45) is 0 Å². The monoisotopic (exact) mass is 342 g/mol. The molecule has 0 bridgehead atoms. The van der Waals surface area contributed by atoms with Gasteiger partial charge >= 0.3 is 0 Å². The van der Waals surface area contributed by atoms with E-state index in [1.165, 1.54) is 0 Å². The van der Waals surface area contributed by atoms with Gasteiger partial charge in [0.1, 0.15) is 0 Å². The van der Waals surface area contributed by atoms with Crippen LogP contribution in [0.5, 0.6) is 0 Å². The maximum absolute atomic E-state index is 12.1. The summed E-state index contributed by atoms with van der Waals surface area (Å²) in [7, 11) is 0. The Balaban J connectivity index is 1.85. The van der Waals surface area contributed by atoms with E-state index in [1.807, 2.05) is 18.2 Å². The molecule has 6 heteroatoms. The zero-order chi connectivity index (χ0) is 14.8. The van der Waals surface area contributed by atoms with Crippen LogP contribution in [-0.4, -0.2) is 15.9 Å². The third-order valence-corrected chi connectivity index (χ3v) is 3.49. The molecule has 0 atom stereocenters. The van der Waals surface area contributed by atoms with Crippen LogP contribution in [0.4, 0.5) is 11.6 Å². The molecule has 3 N–H and O–H groups in total. The Labute approximate surface area is 129 Å². The van der Waals surface area contributed by atoms with Gasteiger partial charge in [0.05, 0.1) is 5.52 Å². The van der Waals surface area contributed by atoms with Gasteiger partial charge in [-0.05, 0) is 42.5 Å². The number of aromatic nitrogens is 2. The fourth-order valence-electron chi connectivity index (χ4n) is 1.93. The van der Waals surface area contributed by atoms with Crippen LogP contribution in [0.2, 0.25) is 0 Å². The number of nitrogen functional groups attached to an aromatic ring is 1. The molecule has 21 heavy (non-hydrogen) atoms. The number of carbonyl (C=O) groups is 1. The van der Waals surface area contributed by atoms with Gasteiger partial charge in [0.2, 0.25) is 5.95 Å². The summed E-state index contributed by atoms with van der Waals surface area (Å²) in [6, 6.07) is 12.5. The molecule has 0 fully saturated rings. The lowest BCUT2D eigenvalue weighted by molar-refractivity contribution is 0.102. The average Bonchev–Trinajstić information content (AvgIpc) is 2.48. The molecule has 3 aromatic rings. The van der Waals surface area contributed by atoms with Crippen LogP contribution in [0, 0.1) is 0 Å². The minimum atomic E-state index is -0.168. The highest BCUT2D eigenvalue weighted by molar-refractivity contribution is 9.10. The molecule has 5 nitrogen and oxygen atoms in total. The molecule has 3 rings (SSSR count). The van der Waals surface area contributed by atoms with Gasteiger partial charge in [0.25, 0.3) is 5.91 Å². The van der Waals surface area contributed by atoms with E-state index in [2.05, 4.69) is 31.2 Å². The first-order valence-electron chi connectivity index (χ1n) is 6.21. The molecule has 0 aliphatic rings. The fraction of sp³-hybridized carbons (Fsp3) is 0. The van der Waals surface area contributed by atoms with E-state index in [0.29, 0.717) is 11.3 Å².